The summed E-state index contributed by atoms with van der Waals surface area (Å²) in [6, 6.07) is 3.73. The molecule has 3 rings (SSSR count). The maximum atomic E-state index is 12.2. The van der Waals surface area contributed by atoms with Crippen LogP contribution in [0.4, 0.5) is 0 Å². The summed E-state index contributed by atoms with van der Waals surface area (Å²) in [5.74, 6) is -0.0764. The van der Waals surface area contributed by atoms with Crippen LogP contribution < -0.4 is 4.74 Å². The Morgan fingerprint density at radius 2 is 2.27 bits per heavy atom. The first-order valence-electron chi connectivity index (χ1n) is 7.16. The van der Waals surface area contributed by atoms with Crippen molar-refractivity contribution in [3.8, 4) is 17.0 Å². The highest BCUT2D eigenvalue weighted by Gasteiger charge is 2.34. The van der Waals surface area contributed by atoms with Gasteiger partial charge < -0.3 is 19.1 Å². The van der Waals surface area contributed by atoms with Crippen molar-refractivity contribution >= 4 is 5.97 Å². The number of hydrogen-bond donors (Lipinski definition) is 1. The molecule has 2 aromatic heterocycles. The molecule has 6 nitrogen and oxygen atoms in total. The predicted octanol–water partition coefficient (Wildman–Crippen LogP) is 2.17. The Hall–Kier alpha value is -2.34. The summed E-state index contributed by atoms with van der Waals surface area (Å²) in [5.41, 5.74) is 2.46. The molecule has 1 N–H and O–H groups in total. The minimum atomic E-state index is -0.706. The van der Waals surface area contributed by atoms with E-state index in [-0.39, 0.29) is 0 Å². The molecule has 2 aromatic rings. The Kier molecular flexibility index (Phi) is 3.85. The monoisotopic (exact) mass is 302 g/mol. The lowest BCUT2D eigenvalue weighted by Gasteiger charge is -2.23. The van der Waals surface area contributed by atoms with Gasteiger partial charge in [0.1, 0.15) is 5.56 Å². The number of rotatable bonds is 3. The number of carbonyl (C=O) groups excluding carboxylic acids is 1. The van der Waals surface area contributed by atoms with Crippen LogP contribution in [0.3, 0.4) is 0 Å². The van der Waals surface area contributed by atoms with Crippen LogP contribution in [0.5, 0.6) is 5.75 Å². The first-order chi connectivity index (χ1) is 10.7. The largest absolute Gasteiger partial charge is 0.494 e. The molecule has 0 aliphatic carbocycles. The van der Waals surface area contributed by atoms with Crippen LogP contribution >= 0.6 is 0 Å². The molecule has 1 atom stereocenters. The molecular formula is C16H18N2O4. The fourth-order valence-electron chi connectivity index (χ4n) is 3.06. The van der Waals surface area contributed by atoms with Crippen LogP contribution in [0.25, 0.3) is 11.3 Å². The van der Waals surface area contributed by atoms with Crippen molar-refractivity contribution in [2.45, 2.75) is 25.5 Å². The third kappa shape index (κ3) is 2.16. The molecule has 0 fully saturated rings. The van der Waals surface area contributed by atoms with Crippen molar-refractivity contribution in [1.82, 2.24) is 9.55 Å². The van der Waals surface area contributed by atoms with E-state index in [0.717, 1.165) is 17.7 Å². The van der Waals surface area contributed by atoms with Gasteiger partial charge in [-0.05, 0) is 25.0 Å². The number of carbonyl (C=O) groups is 1. The molecule has 22 heavy (non-hydrogen) atoms. The van der Waals surface area contributed by atoms with Gasteiger partial charge in [0.25, 0.3) is 0 Å². The number of fused-ring (bicyclic) bond motifs is 1. The Labute approximate surface area is 128 Å². The minimum Gasteiger partial charge on any atom is -0.494 e. The van der Waals surface area contributed by atoms with Gasteiger partial charge in [-0.25, -0.2) is 4.79 Å². The van der Waals surface area contributed by atoms with Crippen molar-refractivity contribution in [3.63, 3.8) is 0 Å². The van der Waals surface area contributed by atoms with Gasteiger partial charge in [0.2, 0.25) is 0 Å². The van der Waals surface area contributed by atoms with E-state index in [4.69, 9.17) is 9.47 Å². The Morgan fingerprint density at radius 1 is 1.45 bits per heavy atom. The van der Waals surface area contributed by atoms with E-state index in [2.05, 4.69) is 4.98 Å². The van der Waals surface area contributed by atoms with Crippen molar-refractivity contribution < 1.29 is 19.4 Å². The highest BCUT2D eigenvalue weighted by atomic mass is 16.5. The average Bonchev–Trinajstić information content (AvgIpc) is 2.90. The molecule has 1 aliphatic heterocycles. The zero-order valence-corrected chi connectivity index (χ0v) is 12.6. The highest BCUT2D eigenvalue weighted by Crippen LogP contribution is 2.43. The fourth-order valence-corrected chi connectivity index (χ4v) is 3.06. The van der Waals surface area contributed by atoms with Gasteiger partial charge in [0.05, 0.1) is 31.7 Å². The molecule has 3 heterocycles. The summed E-state index contributed by atoms with van der Waals surface area (Å²) in [4.78, 5) is 16.3. The molecule has 1 aliphatic rings. The van der Waals surface area contributed by atoms with E-state index in [0.29, 0.717) is 30.0 Å². The standard InChI is InChI=1S/C16H18N2O4/c1-21-15-12(16(20)22-2)14-11(19)6-4-8-18(14)13(15)10-5-3-7-17-9-10/h3,5,7,9,11,19H,4,6,8H2,1-2H3. The first kappa shape index (κ1) is 14.6. The van der Waals surface area contributed by atoms with E-state index in [1.54, 1.807) is 12.4 Å². The second-order valence-electron chi connectivity index (χ2n) is 5.19. The summed E-state index contributed by atoms with van der Waals surface area (Å²) < 4.78 is 12.3. The van der Waals surface area contributed by atoms with Gasteiger partial charge >= 0.3 is 5.97 Å². The lowest BCUT2D eigenvalue weighted by molar-refractivity contribution is 0.0584. The van der Waals surface area contributed by atoms with Gasteiger partial charge in [-0.3, -0.25) is 4.98 Å². The van der Waals surface area contributed by atoms with Gasteiger partial charge in [-0.1, -0.05) is 0 Å². The van der Waals surface area contributed by atoms with Crippen LogP contribution in [0.2, 0.25) is 0 Å². The maximum Gasteiger partial charge on any atom is 0.343 e. The first-order valence-corrected chi connectivity index (χ1v) is 7.16. The third-order valence-corrected chi connectivity index (χ3v) is 3.96. The maximum absolute atomic E-state index is 12.2. The lowest BCUT2D eigenvalue weighted by Crippen LogP contribution is -2.18. The molecular weight excluding hydrogens is 284 g/mol. The third-order valence-electron chi connectivity index (χ3n) is 3.96. The second-order valence-corrected chi connectivity index (χ2v) is 5.19. The van der Waals surface area contributed by atoms with Gasteiger partial charge in [0, 0.05) is 24.5 Å². The van der Waals surface area contributed by atoms with Crippen molar-refractivity contribution in [1.29, 1.82) is 0 Å². The molecule has 0 aromatic carbocycles. The number of hydrogen-bond acceptors (Lipinski definition) is 5. The molecule has 0 spiro atoms. The predicted molar refractivity (Wildman–Crippen MR) is 79.7 cm³/mol. The van der Waals surface area contributed by atoms with Gasteiger partial charge in [-0.2, -0.15) is 0 Å². The van der Waals surface area contributed by atoms with Crippen molar-refractivity contribution in [3.05, 3.63) is 35.8 Å². The average molecular weight is 302 g/mol. The zero-order chi connectivity index (χ0) is 15.7. The highest BCUT2D eigenvalue weighted by molar-refractivity contribution is 5.97. The summed E-state index contributed by atoms with van der Waals surface area (Å²) in [6.45, 7) is 0.712. The smallest absolute Gasteiger partial charge is 0.343 e. The second kappa shape index (κ2) is 5.81. The minimum absolute atomic E-state index is 0.302. The summed E-state index contributed by atoms with van der Waals surface area (Å²) in [6.07, 6.45) is 4.14. The number of nitrogens with zero attached hydrogens (tertiary/aromatic N) is 2. The quantitative estimate of drug-likeness (QED) is 0.880. The van der Waals surface area contributed by atoms with Crippen LogP contribution in [0.15, 0.2) is 24.5 Å². The van der Waals surface area contributed by atoms with Crippen LogP contribution in [-0.4, -0.2) is 34.8 Å². The molecule has 0 bridgehead atoms. The number of aliphatic hydroxyl groups excluding tert-OH is 1. The van der Waals surface area contributed by atoms with Crippen LogP contribution in [-0.2, 0) is 11.3 Å². The number of methoxy groups -OCH3 is 2. The lowest BCUT2D eigenvalue weighted by atomic mass is 10.0. The number of esters is 1. The van der Waals surface area contributed by atoms with E-state index < -0.39 is 12.1 Å². The molecule has 0 amide bonds. The molecule has 116 valence electrons. The number of aromatic nitrogens is 2. The Bertz CT molecular complexity index is 694. The van der Waals surface area contributed by atoms with Crippen molar-refractivity contribution in [2.24, 2.45) is 0 Å². The summed E-state index contributed by atoms with van der Waals surface area (Å²) in [5, 5.41) is 10.4. The molecule has 6 heteroatoms. The topological polar surface area (TPSA) is 73.6 Å². The van der Waals surface area contributed by atoms with Crippen molar-refractivity contribution in [2.75, 3.05) is 14.2 Å². The van der Waals surface area contributed by atoms with E-state index in [1.807, 2.05) is 16.7 Å². The summed E-state index contributed by atoms with van der Waals surface area (Å²) >= 11 is 0. The van der Waals surface area contributed by atoms with E-state index in [1.165, 1.54) is 14.2 Å². The van der Waals surface area contributed by atoms with Crippen LogP contribution in [0, 0.1) is 0 Å². The molecule has 0 radical (unpaired) electrons. The Morgan fingerprint density at radius 3 is 2.91 bits per heavy atom. The normalized spacial score (nSPS) is 17.0. The molecule has 0 saturated carbocycles. The molecule has 0 saturated heterocycles. The van der Waals surface area contributed by atoms with Crippen LogP contribution in [0.1, 0.15) is 35.0 Å². The molecule has 1 unspecified atom stereocenters. The summed E-state index contributed by atoms with van der Waals surface area (Å²) in [7, 11) is 2.84. The number of pyridine rings is 1. The van der Waals surface area contributed by atoms with Gasteiger partial charge in [0.15, 0.2) is 5.75 Å². The number of aliphatic hydroxyl groups is 1. The zero-order valence-electron chi connectivity index (χ0n) is 12.6. The Balaban J connectivity index is 2.32. The van der Waals surface area contributed by atoms with Gasteiger partial charge in [-0.15, -0.1) is 0 Å². The van der Waals surface area contributed by atoms with E-state index in [9.17, 15) is 9.90 Å². The fraction of sp³-hybridized carbons (Fsp3) is 0.375. The SMILES string of the molecule is COC(=O)c1c(OC)c(-c2cccnc2)n2c1C(O)CCC2. The number of ether oxygens (including phenoxy) is 2. The van der Waals surface area contributed by atoms with E-state index >= 15 is 0 Å².